The summed E-state index contributed by atoms with van der Waals surface area (Å²) in [6.45, 7) is -0.161. The van der Waals surface area contributed by atoms with E-state index in [1.807, 2.05) is 4.57 Å². The minimum absolute atomic E-state index is 0.00768. The highest BCUT2D eigenvalue weighted by Crippen LogP contribution is 2.45. The Morgan fingerprint density at radius 2 is 1.90 bits per heavy atom. The number of nitrogens with zero attached hydrogens (tertiary/aromatic N) is 2. The second-order valence-corrected chi connectivity index (χ2v) is 12.0. The smallest absolute Gasteiger partial charge is 0.395 e. The van der Waals surface area contributed by atoms with Gasteiger partial charge in [0.2, 0.25) is 0 Å². The summed E-state index contributed by atoms with van der Waals surface area (Å²) in [6.07, 6.45) is -0.708. The highest BCUT2D eigenvalue weighted by Gasteiger charge is 2.44. The molecule has 1 saturated carbocycles. The number of imidazole rings is 1. The van der Waals surface area contributed by atoms with Crippen molar-refractivity contribution in [1.29, 1.82) is 0 Å². The number of fused-ring (bicyclic) bond motifs is 2. The van der Waals surface area contributed by atoms with E-state index in [0.717, 1.165) is 30.4 Å². The molecule has 2 heterocycles. The van der Waals surface area contributed by atoms with Crippen molar-refractivity contribution in [1.82, 2.24) is 14.9 Å². The van der Waals surface area contributed by atoms with Gasteiger partial charge in [0.15, 0.2) is 21.3 Å². The summed E-state index contributed by atoms with van der Waals surface area (Å²) >= 11 is 0. The second-order valence-electron chi connectivity index (χ2n) is 10.00. The lowest BCUT2D eigenvalue weighted by Gasteiger charge is -2.17. The van der Waals surface area contributed by atoms with Crippen LogP contribution in [-0.2, 0) is 16.4 Å². The first-order chi connectivity index (χ1) is 19.0. The average molecular weight is 570 g/mol. The third-order valence-electron chi connectivity index (χ3n) is 7.02. The van der Waals surface area contributed by atoms with Gasteiger partial charge in [-0.05, 0) is 54.8 Å². The molecule has 3 aromatic carbocycles. The standard InChI is InChI=1S/C28H25F2N3O6S/c1-40(36,37)20-10-7-16(8-11-20)22(15-34)32-27(35)18-9-12-23-21(13-18)31-26(17-5-6-17)33(23)14-19-3-2-4-24-25(19)39-28(29,30)38-24/h2-4,7-13,17,22,34H,5-6,14-15H2,1H3,(H,32,35)/t22-/m0/s1. The van der Waals surface area contributed by atoms with Gasteiger partial charge in [0, 0.05) is 23.3 Å². The van der Waals surface area contributed by atoms with Crippen molar-refractivity contribution >= 4 is 26.8 Å². The van der Waals surface area contributed by atoms with Crippen molar-refractivity contribution in [3.05, 3.63) is 83.2 Å². The Hall–Kier alpha value is -4.03. The molecule has 40 heavy (non-hydrogen) atoms. The van der Waals surface area contributed by atoms with Gasteiger partial charge in [0.1, 0.15) is 5.82 Å². The topological polar surface area (TPSA) is 120 Å². The van der Waals surface area contributed by atoms with Crippen LogP contribution in [0.15, 0.2) is 65.6 Å². The van der Waals surface area contributed by atoms with E-state index in [-0.39, 0.29) is 35.5 Å². The maximum absolute atomic E-state index is 13.7. The molecule has 1 amide bonds. The summed E-state index contributed by atoms with van der Waals surface area (Å²) in [7, 11) is -3.38. The quantitative estimate of drug-likeness (QED) is 0.327. The number of aromatic nitrogens is 2. The van der Waals surface area contributed by atoms with Gasteiger partial charge >= 0.3 is 6.29 Å². The Morgan fingerprint density at radius 1 is 1.15 bits per heavy atom. The van der Waals surface area contributed by atoms with E-state index in [9.17, 15) is 27.1 Å². The van der Waals surface area contributed by atoms with Crippen molar-refractivity contribution in [2.24, 2.45) is 0 Å². The number of alkyl halides is 2. The third-order valence-corrected chi connectivity index (χ3v) is 8.15. The summed E-state index contributed by atoms with van der Waals surface area (Å²) in [5.41, 5.74) is 2.70. The summed E-state index contributed by atoms with van der Waals surface area (Å²) < 4.78 is 62.3. The lowest BCUT2D eigenvalue weighted by atomic mass is 10.1. The number of aliphatic hydroxyl groups excluding tert-OH is 1. The highest BCUT2D eigenvalue weighted by atomic mass is 32.2. The van der Waals surface area contributed by atoms with Crippen molar-refractivity contribution in [2.45, 2.75) is 42.5 Å². The van der Waals surface area contributed by atoms with E-state index in [0.29, 0.717) is 22.2 Å². The van der Waals surface area contributed by atoms with Crippen LogP contribution in [0.4, 0.5) is 8.78 Å². The van der Waals surface area contributed by atoms with Gasteiger partial charge < -0.3 is 24.5 Å². The minimum atomic E-state index is -3.72. The molecule has 1 aliphatic heterocycles. The van der Waals surface area contributed by atoms with E-state index >= 15 is 0 Å². The van der Waals surface area contributed by atoms with Crippen LogP contribution >= 0.6 is 0 Å². The minimum Gasteiger partial charge on any atom is -0.395 e. The van der Waals surface area contributed by atoms with Gasteiger partial charge in [0.25, 0.3) is 5.91 Å². The number of amides is 1. The number of carbonyl (C=O) groups is 1. The van der Waals surface area contributed by atoms with Crippen LogP contribution in [0.5, 0.6) is 11.5 Å². The molecule has 1 aliphatic carbocycles. The normalized spacial score (nSPS) is 16.7. The number of rotatable bonds is 8. The zero-order chi connectivity index (χ0) is 28.2. The first-order valence-corrected chi connectivity index (χ1v) is 14.5. The molecule has 1 fully saturated rings. The lowest BCUT2D eigenvalue weighted by molar-refractivity contribution is -0.286. The number of hydrogen-bond donors (Lipinski definition) is 2. The Kier molecular flexibility index (Phi) is 6.26. The highest BCUT2D eigenvalue weighted by molar-refractivity contribution is 7.90. The fourth-order valence-electron chi connectivity index (χ4n) is 4.85. The number of aliphatic hydroxyl groups is 1. The van der Waals surface area contributed by atoms with Gasteiger partial charge in [-0.2, -0.15) is 0 Å². The van der Waals surface area contributed by atoms with Gasteiger partial charge in [0.05, 0.1) is 35.1 Å². The molecule has 0 saturated heterocycles. The van der Waals surface area contributed by atoms with Gasteiger partial charge in [-0.25, -0.2) is 13.4 Å². The van der Waals surface area contributed by atoms with Crippen LogP contribution in [-0.4, -0.2) is 48.1 Å². The van der Waals surface area contributed by atoms with Crippen molar-refractivity contribution in [3.8, 4) is 11.5 Å². The van der Waals surface area contributed by atoms with Crippen LogP contribution < -0.4 is 14.8 Å². The Balaban J connectivity index is 1.27. The molecule has 2 aliphatic rings. The van der Waals surface area contributed by atoms with Crippen LogP contribution in [0.3, 0.4) is 0 Å². The number of nitrogens with one attached hydrogen (secondary N) is 1. The molecule has 1 atom stereocenters. The molecule has 208 valence electrons. The maximum Gasteiger partial charge on any atom is 0.586 e. The van der Waals surface area contributed by atoms with Gasteiger partial charge in [-0.1, -0.05) is 24.3 Å². The molecule has 0 radical (unpaired) electrons. The Bertz CT molecular complexity index is 1730. The molecule has 6 rings (SSSR count). The molecular weight excluding hydrogens is 544 g/mol. The summed E-state index contributed by atoms with van der Waals surface area (Å²) in [5, 5.41) is 12.7. The largest absolute Gasteiger partial charge is 0.586 e. The average Bonchev–Trinajstić information content (AvgIpc) is 3.62. The first-order valence-electron chi connectivity index (χ1n) is 12.6. The maximum atomic E-state index is 13.7. The van der Waals surface area contributed by atoms with E-state index in [1.165, 1.54) is 18.2 Å². The zero-order valence-electron chi connectivity index (χ0n) is 21.3. The Morgan fingerprint density at radius 3 is 2.58 bits per heavy atom. The number of benzene rings is 3. The molecule has 4 aromatic rings. The Labute approximate surface area is 228 Å². The number of halogens is 2. The SMILES string of the molecule is CS(=O)(=O)c1ccc([C@H](CO)NC(=O)c2ccc3c(c2)nc(C2CC2)n3Cc2cccc3c2OC(F)(F)O3)cc1. The number of sulfone groups is 1. The zero-order valence-corrected chi connectivity index (χ0v) is 22.1. The molecule has 2 N–H and O–H groups in total. The van der Waals surface area contributed by atoms with Crippen molar-refractivity contribution in [2.75, 3.05) is 12.9 Å². The number of ether oxygens (including phenoxy) is 2. The van der Waals surface area contributed by atoms with Crippen LogP contribution in [0.25, 0.3) is 11.0 Å². The number of hydrogen-bond acceptors (Lipinski definition) is 7. The molecular formula is C28H25F2N3O6S. The summed E-state index contributed by atoms with van der Waals surface area (Å²) in [6, 6.07) is 15.0. The molecule has 12 heteroatoms. The van der Waals surface area contributed by atoms with Gasteiger partial charge in [-0.3, -0.25) is 4.79 Å². The lowest BCUT2D eigenvalue weighted by Crippen LogP contribution is -2.30. The predicted octanol–water partition coefficient (Wildman–Crippen LogP) is 4.15. The first kappa shape index (κ1) is 26.2. The fourth-order valence-corrected chi connectivity index (χ4v) is 5.48. The molecule has 9 nitrogen and oxygen atoms in total. The monoisotopic (exact) mass is 569 g/mol. The molecule has 1 aromatic heterocycles. The predicted molar refractivity (Wildman–Crippen MR) is 140 cm³/mol. The van der Waals surface area contributed by atoms with Crippen molar-refractivity contribution in [3.63, 3.8) is 0 Å². The van der Waals surface area contributed by atoms with E-state index in [4.69, 9.17) is 9.72 Å². The van der Waals surface area contributed by atoms with E-state index < -0.39 is 28.1 Å². The summed E-state index contributed by atoms with van der Waals surface area (Å²) in [5.74, 6) is 0.558. The van der Waals surface area contributed by atoms with Crippen LogP contribution in [0.2, 0.25) is 0 Å². The number of carbonyl (C=O) groups excluding carboxylic acids is 1. The molecule has 0 spiro atoms. The van der Waals surface area contributed by atoms with Crippen LogP contribution in [0.1, 0.15) is 52.1 Å². The van der Waals surface area contributed by atoms with E-state index in [1.54, 1.807) is 42.5 Å². The van der Waals surface area contributed by atoms with Crippen molar-refractivity contribution < 1.29 is 36.6 Å². The molecule has 0 unspecified atom stereocenters. The fraction of sp³-hybridized carbons (Fsp3) is 0.286. The number of para-hydroxylation sites is 1. The van der Waals surface area contributed by atoms with E-state index in [2.05, 4.69) is 10.1 Å². The van der Waals surface area contributed by atoms with Crippen LogP contribution in [0, 0.1) is 0 Å². The summed E-state index contributed by atoms with van der Waals surface area (Å²) in [4.78, 5) is 18.0. The second kappa shape index (κ2) is 9.56. The molecule has 0 bridgehead atoms. The van der Waals surface area contributed by atoms with Gasteiger partial charge in [-0.15, -0.1) is 8.78 Å². The third kappa shape index (κ3) is 5.00.